The van der Waals surface area contributed by atoms with Crippen LogP contribution in [0.25, 0.3) is 0 Å². The number of carbonyl (C=O) groups is 1. The van der Waals surface area contributed by atoms with Gasteiger partial charge in [0.1, 0.15) is 5.82 Å². The Kier molecular flexibility index (Phi) is 3.68. The molecule has 0 heterocycles. The minimum atomic E-state index is -0.551. The first-order valence-electron chi connectivity index (χ1n) is 5.04. The van der Waals surface area contributed by atoms with Gasteiger partial charge in [-0.3, -0.25) is 4.79 Å². The van der Waals surface area contributed by atoms with Gasteiger partial charge in [-0.25, -0.2) is 4.39 Å². The molecule has 18 heavy (non-hydrogen) atoms. The number of anilines is 1. The average Bonchev–Trinajstić information content (AvgIpc) is 2.32. The van der Waals surface area contributed by atoms with Crippen molar-refractivity contribution in [2.24, 2.45) is 0 Å². The lowest BCUT2D eigenvalue weighted by Gasteiger charge is -2.05. The first-order valence-corrected chi connectivity index (χ1v) is 6.21. The van der Waals surface area contributed by atoms with Gasteiger partial charge in [0.2, 0.25) is 0 Å². The van der Waals surface area contributed by atoms with Crippen molar-refractivity contribution in [2.75, 3.05) is 5.73 Å². The summed E-state index contributed by atoms with van der Waals surface area (Å²) < 4.78 is 13.6. The first kappa shape index (κ1) is 13.1. The molecule has 0 saturated carbocycles. The highest BCUT2D eigenvalue weighted by Gasteiger charge is 2.14. The lowest BCUT2D eigenvalue weighted by molar-refractivity contribution is 0.103. The van der Waals surface area contributed by atoms with E-state index >= 15 is 0 Å². The van der Waals surface area contributed by atoms with Crippen LogP contribution < -0.4 is 5.73 Å². The van der Waals surface area contributed by atoms with Gasteiger partial charge in [0.25, 0.3) is 0 Å². The summed E-state index contributed by atoms with van der Waals surface area (Å²) in [6, 6.07) is 8.75. The van der Waals surface area contributed by atoms with Gasteiger partial charge in [-0.05, 0) is 52.3 Å². The third kappa shape index (κ3) is 2.54. The number of halogens is 3. The Morgan fingerprint density at radius 3 is 2.56 bits per heavy atom. The van der Waals surface area contributed by atoms with E-state index in [9.17, 15) is 9.18 Å². The number of ketones is 1. The smallest absolute Gasteiger partial charge is 0.194 e. The van der Waals surface area contributed by atoms with E-state index in [1.54, 1.807) is 18.2 Å². The number of nitrogens with two attached hydrogens (primary N) is 1. The summed E-state index contributed by atoms with van der Waals surface area (Å²) in [6.07, 6.45) is 0. The number of rotatable bonds is 2. The third-order valence-electron chi connectivity index (χ3n) is 2.42. The third-order valence-corrected chi connectivity index (χ3v) is 3.37. The standard InChI is InChI=1S/C13H8BrClFNO/c14-10-6-8(17)2-3-9(10)13(18)7-1-4-12(16)11(15)5-7/h1-6H,17H2. The van der Waals surface area contributed by atoms with E-state index in [2.05, 4.69) is 15.9 Å². The summed E-state index contributed by atoms with van der Waals surface area (Å²) in [5, 5.41) is -0.0765. The Balaban J connectivity index is 2.44. The molecule has 0 radical (unpaired) electrons. The highest BCUT2D eigenvalue weighted by Crippen LogP contribution is 2.24. The van der Waals surface area contributed by atoms with Crippen LogP contribution in [0.5, 0.6) is 0 Å². The summed E-state index contributed by atoms with van der Waals surface area (Å²) in [7, 11) is 0. The van der Waals surface area contributed by atoms with Gasteiger partial charge in [0.05, 0.1) is 5.02 Å². The van der Waals surface area contributed by atoms with E-state index in [-0.39, 0.29) is 10.8 Å². The van der Waals surface area contributed by atoms with Crippen molar-refractivity contribution in [1.82, 2.24) is 0 Å². The molecule has 2 rings (SSSR count). The Hall–Kier alpha value is -1.39. The highest BCUT2D eigenvalue weighted by atomic mass is 79.9. The van der Waals surface area contributed by atoms with E-state index in [1.807, 2.05) is 0 Å². The Morgan fingerprint density at radius 2 is 1.94 bits per heavy atom. The lowest BCUT2D eigenvalue weighted by atomic mass is 10.0. The van der Waals surface area contributed by atoms with E-state index in [1.165, 1.54) is 18.2 Å². The van der Waals surface area contributed by atoms with Gasteiger partial charge in [-0.2, -0.15) is 0 Å². The predicted octanol–water partition coefficient (Wildman–Crippen LogP) is 4.05. The maximum Gasteiger partial charge on any atom is 0.194 e. The van der Waals surface area contributed by atoms with Crippen molar-refractivity contribution in [3.05, 3.63) is 62.8 Å². The van der Waals surface area contributed by atoms with Gasteiger partial charge >= 0.3 is 0 Å². The second-order valence-corrected chi connectivity index (χ2v) is 4.96. The fraction of sp³-hybridized carbons (Fsp3) is 0. The highest BCUT2D eigenvalue weighted by molar-refractivity contribution is 9.10. The maximum atomic E-state index is 13.0. The summed E-state index contributed by atoms with van der Waals surface area (Å²) in [4.78, 5) is 12.2. The average molecular weight is 329 g/mol. The second kappa shape index (κ2) is 5.08. The van der Waals surface area contributed by atoms with Crippen molar-refractivity contribution < 1.29 is 9.18 Å². The molecule has 0 aromatic heterocycles. The molecule has 0 unspecified atom stereocenters. The largest absolute Gasteiger partial charge is 0.399 e. The van der Waals surface area contributed by atoms with Crippen LogP contribution >= 0.6 is 27.5 Å². The van der Waals surface area contributed by atoms with Gasteiger partial charge in [0, 0.05) is 21.3 Å². The zero-order chi connectivity index (χ0) is 13.3. The molecule has 2 N–H and O–H groups in total. The Morgan fingerprint density at radius 1 is 1.22 bits per heavy atom. The molecule has 0 aliphatic rings. The molecule has 0 spiro atoms. The molecular weight excluding hydrogens is 321 g/mol. The number of hydrogen-bond donors (Lipinski definition) is 1. The van der Waals surface area contributed by atoms with Gasteiger partial charge in [-0.15, -0.1) is 0 Å². The number of carbonyl (C=O) groups excluding carboxylic acids is 1. The molecule has 2 aromatic rings. The molecule has 2 aromatic carbocycles. The molecule has 0 bridgehead atoms. The van der Waals surface area contributed by atoms with E-state index in [4.69, 9.17) is 17.3 Å². The first-order chi connectivity index (χ1) is 8.49. The molecule has 0 amide bonds. The predicted molar refractivity (Wildman–Crippen MR) is 73.4 cm³/mol. The zero-order valence-corrected chi connectivity index (χ0v) is 11.4. The van der Waals surface area contributed by atoms with Gasteiger partial charge in [0.15, 0.2) is 5.78 Å². The fourth-order valence-corrected chi connectivity index (χ4v) is 2.27. The van der Waals surface area contributed by atoms with Crippen LogP contribution in [0.3, 0.4) is 0 Å². The Bertz CT molecular complexity index is 630. The maximum absolute atomic E-state index is 13.0. The van der Waals surface area contributed by atoms with Crippen LogP contribution in [0.2, 0.25) is 5.02 Å². The van der Waals surface area contributed by atoms with Crippen molar-refractivity contribution in [3.8, 4) is 0 Å². The van der Waals surface area contributed by atoms with E-state index < -0.39 is 5.82 Å². The summed E-state index contributed by atoms with van der Waals surface area (Å²) in [6.45, 7) is 0. The zero-order valence-electron chi connectivity index (χ0n) is 9.08. The number of benzene rings is 2. The molecule has 5 heteroatoms. The van der Waals surface area contributed by atoms with Gasteiger partial charge < -0.3 is 5.73 Å². The topological polar surface area (TPSA) is 43.1 Å². The van der Waals surface area contributed by atoms with Crippen LogP contribution in [-0.2, 0) is 0 Å². The van der Waals surface area contributed by atoms with Gasteiger partial charge in [-0.1, -0.05) is 11.6 Å². The molecule has 0 aliphatic carbocycles. The van der Waals surface area contributed by atoms with Crippen LogP contribution in [0.1, 0.15) is 15.9 Å². The molecule has 0 aliphatic heterocycles. The molecule has 0 fully saturated rings. The van der Waals surface area contributed by atoms with Crippen LogP contribution in [0, 0.1) is 5.82 Å². The SMILES string of the molecule is Nc1ccc(C(=O)c2ccc(F)c(Cl)c2)c(Br)c1. The summed E-state index contributed by atoms with van der Waals surface area (Å²) in [5.74, 6) is -0.798. The van der Waals surface area contributed by atoms with Crippen LogP contribution in [-0.4, -0.2) is 5.78 Å². The fourth-order valence-electron chi connectivity index (χ4n) is 1.51. The van der Waals surface area contributed by atoms with E-state index in [0.29, 0.717) is 21.3 Å². The molecular formula is C13H8BrClFNO. The van der Waals surface area contributed by atoms with Crippen molar-refractivity contribution in [1.29, 1.82) is 0 Å². The Labute approximate surface area is 117 Å². The van der Waals surface area contributed by atoms with Crippen molar-refractivity contribution >= 4 is 39.0 Å². The summed E-state index contributed by atoms with van der Waals surface area (Å²) in [5.41, 5.74) is 6.93. The molecule has 0 saturated heterocycles. The lowest BCUT2D eigenvalue weighted by Crippen LogP contribution is -2.03. The quantitative estimate of drug-likeness (QED) is 0.667. The van der Waals surface area contributed by atoms with Crippen LogP contribution in [0.4, 0.5) is 10.1 Å². The van der Waals surface area contributed by atoms with Crippen LogP contribution in [0.15, 0.2) is 40.9 Å². The second-order valence-electron chi connectivity index (χ2n) is 3.70. The molecule has 2 nitrogen and oxygen atoms in total. The number of hydrogen-bond acceptors (Lipinski definition) is 2. The monoisotopic (exact) mass is 327 g/mol. The molecule has 92 valence electrons. The normalized spacial score (nSPS) is 10.4. The molecule has 0 atom stereocenters. The van der Waals surface area contributed by atoms with Crippen molar-refractivity contribution in [2.45, 2.75) is 0 Å². The summed E-state index contributed by atoms with van der Waals surface area (Å²) >= 11 is 8.92. The minimum absolute atomic E-state index is 0.0765. The number of nitrogen functional groups attached to an aromatic ring is 1. The van der Waals surface area contributed by atoms with Crippen molar-refractivity contribution in [3.63, 3.8) is 0 Å². The minimum Gasteiger partial charge on any atom is -0.399 e. The van der Waals surface area contributed by atoms with E-state index in [0.717, 1.165) is 0 Å².